The third kappa shape index (κ3) is 1.99. The minimum absolute atomic E-state index is 0.650. The summed E-state index contributed by atoms with van der Waals surface area (Å²) in [5.74, 6) is -4.99. The first-order valence-electron chi connectivity index (χ1n) is 5.10. The monoisotopic (exact) mass is 268 g/mol. The number of hydrogen-bond donors (Lipinski definition) is 7. The number of carboxylic acids is 1. The molecule has 1 aliphatic heterocycles. The molecule has 1 saturated heterocycles. The molecule has 1 aliphatic rings. The molecule has 106 valence electrons. The third-order valence-electron chi connectivity index (χ3n) is 3.08. The average Bonchev–Trinajstić information content (AvgIpc) is 2.30. The van der Waals surface area contributed by atoms with E-state index in [-0.39, 0.29) is 0 Å². The highest BCUT2D eigenvalue weighted by Gasteiger charge is 2.64. The molecule has 0 aromatic rings. The quantitative estimate of drug-likeness (QED) is 0.269. The van der Waals surface area contributed by atoms with Crippen LogP contribution in [0.4, 0.5) is 0 Å². The van der Waals surface area contributed by atoms with E-state index in [1.807, 2.05) is 0 Å². The van der Waals surface area contributed by atoms with Crippen molar-refractivity contribution in [3.05, 3.63) is 0 Å². The first-order valence-corrected chi connectivity index (χ1v) is 5.10. The van der Waals surface area contributed by atoms with E-state index in [1.54, 1.807) is 0 Å². The molecule has 0 radical (unpaired) electrons. The third-order valence-corrected chi connectivity index (χ3v) is 3.08. The first-order chi connectivity index (χ1) is 8.09. The lowest BCUT2D eigenvalue weighted by atomic mass is 9.82. The predicted octanol–water partition coefficient (Wildman–Crippen LogP) is -4.02. The largest absolute Gasteiger partial charge is 0.479 e. The maximum absolute atomic E-state index is 10.8. The van der Waals surface area contributed by atoms with Crippen molar-refractivity contribution < 1.29 is 45.3 Å². The van der Waals surface area contributed by atoms with E-state index in [0.717, 1.165) is 0 Å². The molecule has 0 aliphatic carbocycles. The normalized spacial score (nSPS) is 44.4. The van der Waals surface area contributed by atoms with Gasteiger partial charge in [-0.05, 0) is 6.92 Å². The molecule has 0 bridgehead atoms. The number of carbonyl (C=O) groups is 1. The molecular weight excluding hydrogens is 252 g/mol. The number of carboxylic acid groups (broad SMARTS) is 1. The fourth-order valence-corrected chi connectivity index (χ4v) is 1.71. The van der Waals surface area contributed by atoms with Crippen molar-refractivity contribution in [3.8, 4) is 0 Å². The summed E-state index contributed by atoms with van der Waals surface area (Å²) in [5, 5.41) is 65.7. The maximum Gasteiger partial charge on any atom is 0.341 e. The predicted molar refractivity (Wildman–Crippen MR) is 53.2 cm³/mol. The number of aliphatic hydroxyl groups is 6. The number of rotatable bonds is 3. The van der Waals surface area contributed by atoms with Gasteiger partial charge in [-0.25, -0.2) is 4.79 Å². The smallest absolute Gasteiger partial charge is 0.341 e. The second kappa shape index (κ2) is 4.70. The van der Waals surface area contributed by atoms with Crippen LogP contribution in [0, 0.1) is 0 Å². The Morgan fingerprint density at radius 1 is 1.33 bits per heavy atom. The summed E-state index contributed by atoms with van der Waals surface area (Å²) in [6, 6.07) is 0. The van der Waals surface area contributed by atoms with Crippen molar-refractivity contribution in [2.75, 3.05) is 6.61 Å². The minimum Gasteiger partial charge on any atom is -0.479 e. The van der Waals surface area contributed by atoms with Crippen molar-refractivity contribution in [2.24, 2.45) is 0 Å². The van der Waals surface area contributed by atoms with Gasteiger partial charge in [0.25, 0.3) is 0 Å². The van der Waals surface area contributed by atoms with Gasteiger partial charge in [-0.2, -0.15) is 0 Å². The highest BCUT2D eigenvalue weighted by molar-refractivity contribution is 5.78. The highest BCUT2D eigenvalue weighted by Crippen LogP contribution is 2.36. The Hall–Kier alpha value is -0.810. The van der Waals surface area contributed by atoms with Crippen LogP contribution in [0.1, 0.15) is 6.92 Å². The van der Waals surface area contributed by atoms with Crippen LogP contribution in [-0.2, 0) is 9.53 Å². The van der Waals surface area contributed by atoms with Crippen molar-refractivity contribution in [1.82, 2.24) is 0 Å². The van der Waals surface area contributed by atoms with Gasteiger partial charge >= 0.3 is 5.97 Å². The molecular formula is C9H16O9. The van der Waals surface area contributed by atoms with Crippen LogP contribution < -0.4 is 0 Å². The molecule has 0 saturated carbocycles. The Morgan fingerprint density at radius 3 is 2.22 bits per heavy atom. The van der Waals surface area contributed by atoms with Gasteiger partial charge in [0.1, 0.15) is 24.4 Å². The topological polar surface area (TPSA) is 168 Å². The van der Waals surface area contributed by atoms with Gasteiger partial charge in [-0.3, -0.25) is 0 Å². The van der Waals surface area contributed by atoms with E-state index < -0.39 is 48.4 Å². The summed E-state index contributed by atoms with van der Waals surface area (Å²) in [6.07, 6.45) is -7.57. The zero-order valence-electron chi connectivity index (χ0n) is 9.46. The van der Waals surface area contributed by atoms with Gasteiger partial charge in [-0.1, -0.05) is 0 Å². The zero-order valence-corrected chi connectivity index (χ0v) is 9.46. The molecule has 9 heteroatoms. The Kier molecular flexibility index (Phi) is 3.98. The van der Waals surface area contributed by atoms with E-state index >= 15 is 0 Å². The molecule has 18 heavy (non-hydrogen) atoms. The van der Waals surface area contributed by atoms with E-state index in [4.69, 9.17) is 10.2 Å². The van der Waals surface area contributed by atoms with Crippen molar-refractivity contribution in [3.63, 3.8) is 0 Å². The van der Waals surface area contributed by atoms with E-state index in [2.05, 4.69) is 4.74 Å². The molecule has 7 N–H and O–H groups in total. The minimum atomic E-state index is -3.08. The number of aliphatic hydroxyl groups excluding tert-OH is 4. The zero-order chi connectivity index (χ0) is 14.3. The molecule has 1 unspecified atom stereocenters. The lowest BCUT2D eigenvalue weighted by molar-refractivity contribution is -0.391. The fraction of sp³-hybridized carbons (Fsp3) is 0.889. The van der Waals surface area contributed by atoms with Crippen LogP contribution in [0.2, 0.25) is 0 Å². The lowest BCUT2D eigenvalue weighted by Crippen LogP contribution is -2.74. The summed E-state index contributed by atoms with van der Waals surface area (Å²) in [7, 11) is 0. The SMILES string of the molecule is CC(O)(C(=O)O)[C@@]1(O)O[C@H](CO)[C@H](O)[C@H](O)[C@H]1O. The van der Waals surface area contributed by atoms with Gasteiger partial charge < -0.3 is 40.5 Å². The average molecular weight is 268 g/mol. The Balaban J connectivity index is 3.17. The molecule has 1 fully saturated rings. The second-order valence-electron chi connectivity index (χ2n) is 4.34. The van der Waals surface area contributed by atoms with Gasteiger partial charge in [0.05, 0.1) is 6.61 Å². The van der Waals surface area contributed by atoms with Crippen molar-refractivity contribution in [1.29, 1.82) is 0 Å². The summed E-state index contributed by atoms with van der Waals surface area (Å²) < 4.78 is 4.66. The second-order valence-corrected chi connectivity index (χ2v) is 4.34. The van der Waals surface area contributed by atoms with Gasteiger partial charge in [0.2, 0.25) is 11.4 Å². The molecule has 1 heterocycles. The number of aliphatic carboxylic acids is 1. The molecule has 6 atom stereocenters. The Morgan fingerprint density at radius 2 is 1.83 bits per heavy atom. The summed E-state index contributed by atoms with van der Waals surface area (Å²) in [5.41, 5.74) is -2.96. The Bertz CT molecular complexity index is 328. The van der Waals surface area contributed by atoms with Crippen molar-refractivity contribution >= 4 is 5.97 Å². The van der Waals surface area contributed by atoms with Gasteiger partial charge in [-0.15, -0.1) is 0 Å². The first kappa shape index (κ1) is 15.2. The summed E-state index contributed by atoms with van der Waals surface area (Å²) in [4.78, 5) is 10.8. The van der Waals surface area contributed by atoms with Crippen LogP contribution in [0.5, 0.6) is 0 Å². The van der Waals surface area contributed by atoms with Crippen LogP contribution in [0.25, 0.3) is 0 Å². The lowest BCUT2D eigenvalue weighted by Gasteiger charge is -2.49. The van der Waals surface area contributed by atoms with Crippen LogP contribution in [-0.4, -0.2) is 84.1 Å². The van der Waals surface area contributed by atoms with Crippen molar-refractivity contribution in [2.45, 2.75) is 42.7 Å². The van der Waals surface area contributed by atoms with Gasteiger partial charge in [0.15, 0.2) is 0 Å². The standard InChI is InChI=1S/C9H16O9/c1-8(16,7(14)15)9(17)6(13)5(12)4(11)3(2-10)18-9/h3-6,10-13,16-17H,2H2,1H3,(H,14,15)/t3-,4+,5+,6-,8?,9+/m1/s1. The number of hydrogen-bond acceptors (Lipinski definition) is 8. The van der Waals surface area contributed by atoms with Gasteiger partial charge in [0, 0.05) is 0 Å². The van der Waals surface area contributed by atoms with Crippen LogP contribution in [0.3, 0.4) is 0 Å². The summed E-state index contributed by atoms with van der Waals surface area (Å²) in [6.45, 7) is -0.208. The Labute approximate surface area is 101 Å². The van der Waals surface area contributed by atoms with E-state index in [0.29, 0.717) is 6.92 Å². The maximum atomic E-state index is 10.8. The summed E-state index contributed by atoms with van der Waals surface area (Å²) >= 11 is 0. The highest BCUT2D eigenvalue weighted by atomic mass is 16.7. The van der Waals surface area contributed by atoms with Crippen LogP contribution >= 0.6 is 0 Å². The molecule has 0 amide bonds. The van der Waals surface area contributed by atoms with E-state index in [9.17, 15) is 30.3 Å². The fourth-order valence-electron chi connectivity index (χ4n) is 1.71. The van der Waals surface area contributed by atoms with E-state index in [1.165, 1.54) is 0 Å². The number of ether oxygens (including phenoxy) is 1. The molecule has 1 rings (SSSR count). The molecule has 0 aromatic heterocycles. The molecule has 0 spiro atoms. The van der Waals surface area contributed by atoms with Crippen LogP contribution in [0.15, 0.2) is 0 Å². The molecule has 0 aromatic carbocycles. The molecule has 9 nitrogen and oxygen atoms in total.